The minimum absolute atomic E-state index is 0.328. The van der Waals surface area contributed by atoms with Gasteiger partial charge in [-0.25, -0.2) is 0 Å². The summed E-state index contributed by atoms with van der Waals surface area (Å²) in [5, 5.41) is 0. The monoisotopic (exact) mass is 299 g/mol. The standard InChI is InChI=1S/C15H24O2PS/c1-3-5-9-13-15(12-4-2,17-18-16)19-14-10-7-6-8-11-14/h6-8,10-11,18H,3-5,9,12-13H2,1-2H3/q+1. The van der Waals surface area contributed by atoms with Gasteiger partial charge in [-0.15, -0.1) is 4.52 Å². The fourth-order valence-electron chi connectivity index (χ4n) is 2.15. The molecular formula is C15H24O2PS+. The second-order valence-corrected chi connectivity index (χ2v) is 6.51. The zero-order chi connectivity index (χ0) is 14.0. The summed E-state index contributed by atoms with van der Waals surface area (Å²) in [5.41, 5.74) is 0. The van der Waals surface area contributed by atoms with Gasteiger partial charge in [0, 0.05) is 4.90 Å². The molecule has 0 aromatic heterocycles. The molecule has 0 saturated heterocycles. The highest BCUT2D eigenvalue weighted by Gasteiger charge is 2.35. The molecule has 1 rings (SSSR count). The number of hydrogen-bond donors (Lipinski definition) is 0. The summed E-state index contributed by atoms with van der Waals surface area (Å²) >= 11 is 1.72. The van der Waals surface area contributed by atoms with E-state index in [2.05, 4.69) is 26.0 Å². The van der Waals surface area contributed by atoms with E-state index in [0.717, 1.165) is 25.7 Å². The molecule has 0 radical (unpaired) electrons. The SMILES string of the molecule is CCCCCC(CCC)(O[PH+]=O)Sc1ccccc1. The predicted molar refractivity (Wildman–Crippen MR) is 84.2 cm³/mol. The van der Waals surface area contributed by atoms with Crippen molar-refractivity contribution in [2.75, 3.05) is 0 Å². The van der Waals surface area contributed by atoms with Crippen LogP contribution in [0.3, 0.4) is 0 Å². The van der Waals surface area contributed by atoms with Crippen LogP contribution >= 0.6 is 20.4 Å². The molecule has 2 nitrogen and oxygen atoms in total. The second kappa shape index (κ2) is 9.52. The summed E-state index contributed by atoms with van der Waals surface area (Å²) in [7, 11) is -0.688. The highest BCUT2D eigenvalue weighted by atomic mass is 32.2. The van der Waals surface area contributed by atoms with Crippen LogP contribution in [-0.2, 0) is 9.09 Å². The van der Waals surface area contributed by atoms with Crippen molar-refractivity contribution in [3.05, 3.63) is 30.3 Å². The first kappa shape index (κ1) is 16.7. The average Bonchev–Trinajstić information content (AvgIpc) is 2.41. The molecule has 4 heteroatoms. The van der Waals surface area contributed by atoms with Gasteiger partial charge in [-0.3, -0.25) is 0 Å². The molecule has 0 fully saturated rings. The number of hydrogen-bond acceptors (Lipinski definition) is 3. The molecule has 0 spiro atoms. The summed E-state index contributed by atoms with van der Waals surface area (Å²) in [5.74, 6) is 0. The maximum Gasteiger partial charge on any atom is 0.495 e. The van der Waals surface area contributed by atoms with Gasteiger partial charge in [0.25, 0.3) is 0 Å². The topological polar surface area (TPSA) is 26.3 Å². The zero-order valence-corrected chi connectivity index (χ0v) is 13.7. The molecule has 0 heterocycles. The Hall–Kier alpha value is -0.370. The molecule has 0 bridgehead atoms. The van der Waals surface area contributed by atoms with E-state index in [0.29, 0.717) is 0 Å². The molecule has 0 saturated carbocycles. The van der Waals surface area contributed by atoms with E-state index < -0.39 is 8.69 Å². The first-order chi connectivity index (χ1) is 9.26. The van der Waals surface area contributed by atoms with Gasteiger partial charge in [0.15, 0.2) is 4.93 Å². The number of thioether (sulfide) groups is 1. The van der Waals surface area contributed by atoms with Crippen LogP contribution < -0.4 is 0 Å². The smallest absolute Gasteiger partial charge is 0.130 e. The van der Waals surface area contributed by atoms with E-state index in [-0.39, 0.29) is 4.93 Å². The highest BCUT2D eigenvalue weighted by Crippen LogP contribution is 2.43. The van der Waals surface area contributed by atoms with Crippen molar-refractivity contribution in [2.45, 2.75) is 62.2 Å². The normalized spacial score (nSPS) is 14.4. The molecule has 2 atom stereocenters. The summed E-state index contributed by atoms with van der Waals surface area (Å²) < 4.78 is 16.7. The van der Waals surface area contributed by atoms with Crippen LogP contribution in [0.15, 0.2) is 35.2 Å². The third-order valence-electron chi connectivity index (χ3n) is 3.07. The molecule has 0 aliphatic rings. The van der Waals surface area contributed by atoms with Gasteiger partial charge in [-0.05, 0) is 36.0 Å². The summed E-state index contributed by atoms with van der Waals surface area (Å²) in [6, 6.07) is 10.3. The molecule has 1 aromatic rings. The first-order valence-electron chi connectivity index (χ1n) is 7.05. The highest BCUT2D eigenvalue weighted by molar-refractivity contribution is 8.00. The second-order valence-electron chi connectivity index (χ2n) is 4.72. The Labute approximate surface area is 122 Å². The number of benzene rings is 1. The average molecular weight is 299 g/mol. The lowest BCUT2D eigenvalue weighted by Crippen LogP contribution is -2.25. The van der Waals surface area contributed by atoms with Crippen LogP contribution in [0.5, 0.6) is 0 Å². The van der Waals surface area contributed by atoms with Crippen LogP contribution in [0.2, 0.25) is 0 Å². The fourth-order valence-corrected chi connectivity index (χ4v) is 4.05. The van der Waals surface area contributed by atoms with Crippen molar-refractivity contribution in [1.82, 2.24) is 0 Å². The number of unbranched alkanes of at least 4 members (excludes halogenated alkanes) is 2. The van der Waals surface area contributed by atoms with Gasteiger partial charge in [-0.1, -0.05) is 63.1 Å². The molecular weight excluding hydrogens is 275 g/mol. The van der Waals surface area contributed by atoms with Crippen LogP contribution in [0.25, 0.3) is 0 Å². The number of rotatable bonds is 10. The van der Waals surface area contributed by atoms with Crippen LogP contribution in [0, 0.1) is 0 Å². The van der Waals surface area contributed by atoms with Crippen LogP contribution in [0.1, 0.15) is 52.4 Å². The first-order valence-corrected chi connectivity index (χ1v) is 8.69. The van der Waals surface area contributed by atoms with Gasteiger partial charge in [0.05, 0.1) is 0 Å². The lowest BCUT2D eigenvalue weighted by Gasteiger charge is -2.26. The molecule has 0 N–H and O–H groups in total. The largest absolute Gasteiger partial charge is 0.495 e. The van der Waals surface area contributed by atoms with E-state index in [4.69, 9.17) is 4.52 Å². The Morgan fingerprint density at radius 1 is 1.11 bits per heavy atom. The molecule has 1 aromatic carbocycles. The van der Waals surface area contributed by atoms with Crippen molar-refractivity contribution in [2.24, 2.45) is 0 Å². The van der Waals surface area contributed by atoms with Gasteiger partial charge in [0.1, 0.15) is 0 Å². The van der Waals surface area contributed by atoms with Crippen molar-refractivity contribution < 1.29 is 9.09 Å². The van der Waals surface area contributed by atoms with E-state index in [1.807, 2.05) is 18.2 Å². The maximum absolute atomic E-state index is 11.0. The lowest BCUT2D eigenvalue weighted by atomic mass is 10.1. The van der Waals surface area contributed by atoms with Gasteiger partial charge in [0.2, 0.25) is 0 Å². The predicted octanol–water partition coefficient (Wildman–Crippen LogP) is 5.81. The minimum Gasteiger partial charge on any atom is -0.130 e. The molecule has 106 valence electrons. The van der Waals surface area contributed by atoms with Gasteiger partial charge >= 0.3 is 8.69 Å². The Morgan fingerprint density at radius 2 is 1.84 bits per heavy atom. The Morgan fingerprint density at radius 3 is 2.42 bits per heavy atom. The summed E-state index contributed by atoms with van der Waals surface area (Å²) in [6.07, 6.45) is 6.45. The van der Waals surface area contributed by atoms with E-state index >= 15 is 0 Å². The fraction of sp³-hybridized carbons (Fsp3) is 0.600. The van der Waals surface area contributed by atoms with Crippen molar-refractivity contribution in [1.29, 1.82) is 0 Å². The summed E-state index contributed by atoms with van der Waals surface area (Å²) in [4.78, 5) is 0.858. The third kappa shape index (κ3) is 6.07. The Balaban J connectivity index is 2.78. The van der Waals surface area contributed by atoms with Gasteiger partial charge in [-0.2, -0.15) is 0 Å². The maximum atomic E-state index is 11.0. The molecule has 19 heavy (non-hydrogen) atoms. The minimum atomic E-state index is -0.688. The van der Waals surface area contributed by atoms with Crippen LogP contribution in [-0.4, -0.2) is 4.93 Å². The molecule has 0 aliphatic carbocycles. The molecule has 0 amide bonds. The Kier molecular flexibility index (Phi) is 8.36. The zero-order valence-electron chi connectivity index (χ0n) is 11.9. The van der Waals surface area contributed by atoms with Gasteiger partial charge < -0.3 is 0 Å². The van der Waals surface area contributed by atoms with Crippen molar-refractivity contribution in [3.8, 4) is 0 Å². The van der Waals surface area contributed by atoms with E-state index in [1.54, 1.807) is 11.8 Å². The van der Waals surface area contributed by atoms with Crippen molar-refractivity contribution in [3.63, 3.8) is 0 Å². The lowest BCUT2D eigenvalue weighted by molar-refractivity contribution is 0.158. The van der Waals surface area contributed by atoms with E-state index in [1.165, 1.54) is 17.7 Å². The van der Waals surface area contributed by atoms with E-state index in [9.17, 15) is 4.57 Å². The third-order valence-corrected chi connectivity index (χ3v) is 5.06. The summed E-state index contributed by atoms with van der Waals surface area (Å²) in [6.45, 7) is 4.35. The van der Waals surface area contributed by atoms with Crippen LogP contribution in [0.4, 0.5) is 0 Å². The van der Waals surface area contributed by atoms with Crippen molar-refractivity contribution >= 4 is 20.4 Å². The Bertz CT molecular complexity index is 358. The molecule has 2 unspecified atom stereocenters. The molecule has 0 aliphatic heterocycles. The quantitative estimate of drug-likeness (QED) is 0.236.